The Bertz CT molecular complexity index is 981. The van der Waals surface area contributed by atoms with Crippen molar-refractivity contribution < 1.29 is 28.6 Å². The molecule has 2 aromatic carbocycles. The van der Waals surface area contributed by atoms with Gasteiger partial charge in [0.15, 0.2) is 11.5 Å². The van der Waals surface area contributed by atoms with Gasteiger partial charge in [0.1, 0.15) is 0 Å². The number of para-hydroxylation sites is 1. The van der Waals surface area contributed by atoms with E-state index in [9.17, 15) is 14.4 Å². The van der Waals surface area contributed by atoms with Gasteiger partial charge in [-0.15, -0.1) is 0 Å². The van der Waals surface area contributed by atoms with E-state index in [1.807, 2.05) is 0 Å². The fourth-order valence-electron chi connectivity index (χ4n) is 3.52. The van der Waals surface area contributed by atoms with Crippen molar-refractivity contribution in [1.82, 2.24) is 5.32 Å². The zero-order chi connectivity index (χ0) is 22.5. The standard InChI is InChI=1S/C22H25N3O6/c1-23-22(28)15-7-5-6-8-16(15)24-21(27)13-9-19(26)25(12-13)14-10-17(29-2)20(31-4)18(11-14)30-3/h5-8,10-11,13H,9,12H2,1-4H3,(H,23,28)(H,24,27). The summed E-state index contributed by atoms with van der Waals surface area (Å²) in [6.07, 6.45) is 0.0463. The number of nitrogens with zero attached hydrogens (tertiary/aromatic N) is 1. The molecule has 0 radical (unpaired) electrons. The molecule has 1 aliphatic heterocycles. The fourth-order valence-corrected chi connectivity index (χ4v) is 3.52. The van der Waals surface area contributed by atoms with Gasteiger partial charge in [0.05, 0.1) is 44.2 Å². The highest BCUT2D eigenvalue weighted by atomic mass is 16.5. The SMILES string of the molecule is CNC(=O)c1ccccc1NC(=O)C1CC(=O)N(c2cc(OC)c(OC)c(OC)c2)C1. The van der Waals surface area contributed by atoms with Crippen molar-refractivity contribution in [3.05, 3.63) is 42.0 Å². The molecule has 31 heavy (non-hydrogen) atoms. The monoisotopic (exact) mass is 427 g/mol. The molecule has 0 aromatic heterocycles. The van der Waals surface area contributed by atoms with Crippen molar-refractivity contribution in [2.24, 2.45) is 5.92 Å². The summed E-state index contributed by atoms with van der Waals surface area (Å²) >= 11 is 0. The van der Waals surface area contributed by atoms with Crippen LogP contribution in [-0.4, -0.2) is 52.6 Å². The van der Waals surface area contributed by atoms with Crippen LogP contribution in [0.5, 0.6) is 17.2 Å². The van der Waals surface area contributed by atoms with Crippen molar-refractivity contribution in [3.8, 4) is 17.2 Å². The fraction of sp³-hybridized carbons (Fsp3) is 0.318. The average Bonchev–Trinajstić information content (AvgIpc) is 3.19. The van der Waals surface area contributed by atoms with Crippen molar-refractivity contribution in [1.29, 1.82) is 0 Å². The average molecular weight is 427 g/mol. The smallest absolute Gasteiger partial charge is 0.253 e. The topological polar surface area (TPSA) is 106 Å². The number of benzene rings is 2. The molecule has 0 saturated carbocycles. The molecular weight excluding hydrogens is 402 g/mol. The Morgan fingerprint density at radius 2 is 1.68 bits per heavy atom. The van der Waals surface area contributed by atoms with E-state index >= 15 is 0 Å². The predicted octanol–water partition coefficient (Wildman–Crippen LogP) is 2.06. The summed E-state index contributed by atoms with van der Waals surface area (Å²) < 4.78 is 16.0. The van der Waals surface area contributed by atoms with Gasteiger partial charge in [0.25, 0.3) is 5.91 Å². The van der Waals surface area contributed by atoms with Crippen LogP contribution in [0, 0.1) is 5.92 Å². The lowest BCUT2D eigenvalue weighted by atomic mass is 10.1. The number of methoxy groups -OCH3 is 3. The molecule has 1 saturated heterocycles. The third kappa shape index (κ3) is 4.40. The molecule has 9 heteroatoms. The largest absolute Gasteiger partial charge is 0.493 e. The van der Waals surface area contributed by atoms with E-state index in [2.05, 4.69) is 10.6 Å². The summed E-state index contributed by atoms with van der Waals surface area (Å²) in [5, 5.41) is 5.32. The minimum Gasteiger partial charge on any atom is -0.493 e. The van der Waals surface area contributed by atoms with Gasteiger partial charge in [-0.2, -0.15) is 0 Å². The van der Waals surface area contributed by atoms with Crippen LogP contribution in [0.4, 0.5) is 11.4 Å². The molecule has 164 valence electrons. The highest BCUT2D eigenvalue weighted by Crippen LogP contribution is 2.42. The Labute approximate surface area is 180 Å². The lowest BCUT2D eigenvalue weighted by molar-refractivity contribution is -0.122. The summed E-state index contributed by atoms with van der Waals surface area (Å²) in [5.41, 5.74) is 1.29. The van der Waals surface area contributed by atoms with E-state index < -0.39 is 5.92 Å². The summed E-state index contributed by atoms with van der Waals surface area (Å²) in [6, 6.07) is 10.0. The summed E-state index contributed by atoms with van der Waals surface area (Å²) in [6.45, 7) is 0.186. The first-order valence-corrected chi connectivity index (χ1v) is 9.65. The maximum absolute atomic E-state index is 12.9. The molecule has 9 nitrogen and oxygen atoms in total. The second kappa shape index (κ2) is 9.38. The molecule has 0 aliphatic carbocycles. The van der Waals surface area contributed by atoms with Crippen LogP contribution >= 0.6 is 0 Å². The molecule has 0 spiro atoms. The zero-order valence-electron chi connectivity index (χ0n) is 17.9. The van der Waals surface area contributed by atoms with Gasteiger partial charge in [-0.05, 0) is 12.1 Å². The van der Waals surface area contributed by atoms with Gasteiger partial charge < -0.3 is 29.7 Å². The van der Waals surface area contributed by atoms with E-state index in [1.165, 1.54) is 33.3 Å². The zero-order valence-corrected chi connectivity index (χ0v) is 17.9. The number of ether oxygens (including phenoxy) is 3. The molecule has 2 N–H and O–H groups in total. The molecule has 3 amide bonds. The predicted molar refractivity (Wildman–Crippen MR) is 115 cm³/mol. The minimum absolute atomic E-state index is 0.0463. The van der Waals surface area contributed by atoms with Crippen LogP contribution in [0.15, 0.2) is 36.4 Å². The summed E-state index contributed by atoms with van der Waals surface area (Å²) in [4.78, 5) is 39.1. The molecule has 1 fully saturated rings. The number of hydrogen-bond donors (Lipinski definition) is 2. The van der Waals surface area contributed by atoms with Crippen LogP contribution in [0.1, 0.15) is 16.8 Å². The number of carbonyl (C=O) groups is 3. The number of amides is 3. The normalized spacial score (nSPS) is 15.4. The Morgan fingerprint density at radius 3 is 2.26 bits per heavy atom. The molecule has 1 atom stereocenters. The summed E-state index contributed by atoms with van der Waals surface area (Å²) in [7, 11) is 6.00. The van der Waals surface area contributed by atoms with E-state index in [0.717, 1.165) is 0 Å². The molecule has 2 aromatic rings. The van der Waals surface area contributed by atoms with Crippen LogP contribution in [0.3, 0.4) is 0 Å². The van der Waals surface area contributed by atoms with Gasteiger partial charge in [-0.1, -0.05) is 12.1 Å². The highest BCUT2D eigenvalue weighted by molar-refractivity contribution is 6.07. The molecule has 3 rings (SSSR count). The van der Waals surface area contributed by atoms with Gasteiger partial charge in [0, 0.05) is 32.1 Å². The maximum atomic E-state index is 12.9. The quantitative estimate of drug-likeness (QED) is 0.701. The van der Waals surface area contributed by atoms with Gasteiger partial charge in [0.2, 0.25) is 17.6 Å². The first kappa shape index (κ1) is 21.9. The second-order valence-electron chi connectivity index (χ2n) is 6.90. The van der Waals surface area contributed by atoms with Gasteiger partial charge in [-0.25, -0.2) is 0 Å². The van der Waals surface area contributed by atoms with Crippen molar-refractivity contribution in [2.45, 2.75) is 6.42 Å². The molecule has 0 bridgehead atoms. The lowest BCUT2D eigenvalue weighted by Crippen LogP contribution is -2.29. The van der Waals surface area contributed by atoms with Crippen molar-refractivity contribution in [2.75, 3.05) is 45.1 Å². The van der Waals surface area contributed by atoms with E-state index in [1.54, 1.807) is 36.4 Å². The minimum atomic E-state index is -0.579. The molecule has 1 heterocycles. The van der Waals surface area contributed by atoms with E-state index in [-0.39, 0.29) is 30.7 Å². The maximum Gasteiger partial charge on any atom is 0.253 e. The third-order valence-corrected chi connectivity index (χ3v) is 5.11. The van der Waals surface area contributed by atoms with Gasteiger partial charge in [-0.3, -0.25) is 14.4 Å². The Morgan fingerprint density at radius 1 is 1.03 bits per heavy atom. The lowest BCUT2D eigenvalue weighted by Gasteiger charge is -2.20. The van der Waals surface area contributed by atoms with Crippen molar-refractivity contribution in [3.63, 3.8) is 0 Å². The molecule has 1 aliphatic rings. The molecule has 1 unspecified atom stereocenters. The van der Waals surface area contributed by atoms with E-state index in [0.29, 0.717) is 34.2 Å². The van der Waals surface area contributed by atoms with Crippen LogP contribution < -0.4 is 29.7 Å². The van der Waals surface area contributed by atoms with Crippen LogP contribution in [0.25, 0.3) is 0 Å². The number of rotatable bonds is 7. The van der Waals surface area contributed by atoms with Gasteiger partial charge >= 0.3 is 0 Å². The number of anilines is 2. The van der Waals surface area contributed by atoms with Crippen molar-refractivity contribution >= 4 is 29.1 Å². The first-order chi connectivity index (χ1) is 14.9. The molecular formula is C22H25N3O6. The Balaban J connectivity index is 1.81. The van der Waals surface area contributed by atoms with E-state index in [4.69, 9.17) is 14.2 Å². The first-order valence-electron chi connectivity index (χ1n) is 9.65. The number of hydrogen-bond acceptors (Lipinski definition) is 6. The Hall–Kier alpha value is -3.75. The summed E-state index contributed by atoms with van der Waals surface area (Å²) in [5.74, 6) is -0.176. The van der Waals surface area contributed by atoms with Crippen LogP contribution in [-0.2, 0) is 9.59 Å². The number of carbonyl (C=O) groups excluding carboxylic acids is 3. The van der Waals surface area contributed by atoms with Crippen LogP contribution in [0.2, 0.25) is 0 Å². The number of nitrogens with one attached hydrogen (secondary N) is 2. The third-order valence-electron chi connectivity index (χ3n) is 5.11. The Kier molecular flexibility index (Phi) is 6.64. The highest BCUT2D eigenvalue weighted by Gasteiger charge is 2.36. The second-order valence-corrected chi connectivity index (χ2v) is 6.90.